The molecule has 0 radical (unpaired) electrons. The maximum Gasteiger partial charge on any atom is 0.241 e. The van der Waals surface area contributed by atoms with E-state index in [0.717, 1.165) is 29.0 Å². The maximum absolute atomic E-state index is 12.6. The van der Waals surface area contributed by atoms with Gasteiger partial charge in [-0.3, -0.25) is 14.9 Å². The van der Waals surface area contributed by atoms with Crippen LogP contribution in [0.1, 0.15) is 29.8 Å². The molecule has 0 aliphatic carbocycles. The summed E-state index contributed by atoms with van der Waals surface area (Å²) in [5.41, 5.74) is 2.01. The minimum Gasteiger partial charge on any atom is -0.311 e. The van der Waals surface area contributed by atoms with Crippen LogP contribution in [-0.4, -0.2) is 42.7 Å². The highest BCUT2D eigenvalue weighted by Gasteiger charge is 2.34. The minimum atomic E-state index is -3.75. The van der Waals surface area contributed by atoms with Crippen LogP contribution in [0.25, 0.3) is 0 Å². The third-order valence-corrected chi connectivity index (χ3v) is 7.88. The van der Waals surface area contributed by atoms with Gasteiger partial charge in [-0.2, -0.15) is 0 Å². The molecule has 1 N–H and O–H groups in total. The summed E-state index contributed by atoms with van der Waals surface area (Å²) in [6, 6.07) is 15.6. The smallest absolute Gasteiger partial charge is 0.241 e. The first-order valence-corrected chi connectivity index (χ1v) is 12.6. The van der Waals surface area contributed by atoms with Gasteiger partial charge in [0, 0.05) is 24.6 Å². The summed E-state index contributed by atoms with van der Waals surface area (Å²) in [6.07, 6.45) is 1.13. The number of nitrogens with zero attached hydrogens (tertiary/aromatic N) is 3. The monoisotopic (exact) mass is 470 g/mol. The van der Waals surface area contributed by atoms with E-state index in [4.69, 9.17) is 0 Å². The Kier molecular flexibility index (Phi) is 6.33. The van der Waals surface area contributed by atoms with Crippen LogP contribution in [0.2, 0.25) is 0 Å². The maximum atomic E-state index is 12.6. The second kappa shape index (κ2) is 9.17. The van der Waals surface area contributed by atoms with Crippen LogP contribution in [0.3, 0.4) is 0 Å². The van der Waals surface area contributed by atoms with Crippen molar-refractivity contribution in [1.82, 2.24) is 10.2 Å². The summed E-state index contributed by atoms with van der Waals surface area (Å²) >= 11 is 1.16. The van der Waals surface area contributed by atoms with Crippen LogP contribution in [-0.2, 0) is 25.8 Å². The van der Waals surface area contributed by atoms with Crippen molar-refractivity contribution in [3.8, 4) is 0 Å². The van der Waals surface area contributed by atoms with E-state index in [0.29, 0.717) is 18.0 Å². The lowest BCUT2D eigenvalue weighted by Gasteiger charge is -2.19. The quantitative estimate of drug-likeness (QED) is 0.568. The van der Waals surface area contributed by atoms with Crippen LogP contribution < -0.4 is 10.2 Å². The lowest BCUT2D eigenvalue weighted by Crippen LogP contribution is -2.25. The van der Waals surface area contributed by atoms with E-state index in [2.05, 4.69) is 22.4 Å². The molecule has 3 aromatic rings. The molecular formula is C22H22N4O4S2. The molecule has 2 aromatic carbocycles. The number of amides is 2. The summed E-state index contributed by atoms with van der Waals surface area (Å²) < 4.78 is 24.7. The Bertz CT molecular complexity index is 1240. The second-order valence-electron chi connectivity index (χ2n) is 7.45. The molecule has 1 fully saturated rings. The number of carbonyl (C=O) groups is 2. The number of aromatic nitrogens is 2. The van der Waals surface area contributed by atoms with Gasteiger partial charge in [-0.25, -0.2) is 8.42 Å². The molecule has 2 heterocycles. The van der Waals surface area contributed by atoms with Crippen molar-refractivity contribution in [3.05, 3.63) is 65.2 Å². The molecule has 4 rings (SSSR count). The Morgan fingerprint density at radius 2 is 1.84 bits per heavy atom. The average Bonchev–Trinajstić information content (AvgIpc) is 3.40. The minimum absolute atomic E-state index is 0.0191. The number of sulfone groups is 1. The number of benzene rings is 2. The van der Waals surface area contributed by atoms with E-state index in [1.54, 1.807) is 23.1 Å². The number of hydrogen-bond donors (Lipinski definition) is 1. The van der Waals surface area contributed by atoms with Crippen LogP contribution in [0.5, 0.6) is 0 Å². The van der Waals surface area contributed by atoms with Gasteiger partial charge in [0.05, 0.1) is 4.90 Å². The highest BCUT2D eigenvalue weighted by atomic mass is 32.2. The zero-order valence-corrected chi connectivity index (χ0v) is 19.0. The number of nitrogens with one attached hydrogen (secondary N) is 1. The Hall–Kier alpha value is -3.11. The summed E-state index contributed by atoms with van der Waals surface area (Å²) in [5.74, 6) is -1.48. The summed E-state index contributed by atoms with van der Waals surface area (Å²) in [4.78, 5) is 26.8. The van der Waals surface area contributed by atoms with Crippen molar-refractivity contribution in [1.29, 1.82) is 0 Å². The Labute approximate surface area is 190 Å². The Morgan fingerprint density at radius 3 is 2.59 bits per heavy atom. The van der Waals surface area contributed by atoms with Gasteiger partial charge >= 0.3 is 0 Å². The third-order valence-electron chi connectivity index (χ3n) is 5.25. The molecule has 10 heteroatoms. The zero-order valence-electron chi connectivity index (χ0n) is 17.4. The predicted octanol–water partition coefficient (Wildman–Crippen LogP) is 3.03. The number of aryl methyl sites for hydroxylation is 1. The van der Waals surface area contributed by atoms with Crippen molar-refractivity contribution >= 4 is 43.8 Å². The molecule has 8 nitrogen and oxygen atoms in total. The van der Waals surface area contributed by atoms with Gasteiger partial charge < -0.3 is 4.90 Å². The van der Waals surface area contributed by atoms with Gasteiger partial charge in [0.25, 0.3) is 0 Å². The highest BCUT2D eigenvalue weighted by molar-refractivity contribution is 7.92. The molecule has 1 aliphatic rings. The highest BCUT2D eigenvalue weighted by Crippen LogP contribution is 2.35. The fourth-order valence-electron chi connectivity index (χ4n) is 3.67. The largest absolute Gasteiger partial charge is 0.311 e. The SMILES string of the molecule is CCc1ccccc1N1CC(c2nnc(NC(=O)CS(=O)(=O)c3ccccc3)s2)CC1=O. The molecule has 0 bridgehead atoms. The Balaban J connectivity index is 1.42. The zero-order chi connectivity index (χ0) is 22.7. The number of carbonyl (C=O) groups excluding carboxylic acids is 2. The van der Waals surface area contributed by atoms with Gasteiger partial charge in [-0.15, -0.1) is 10.2 Å². The molecule has 1 unspecified atom stereocenters. The fourth-order valence-corrected chi connectivity index (χ4v) is 5.67. The first-order chi connectivity index (χ1) is 15.4. The van der Waals surface area contributed by atoms with E-state index in [1.165, 1.54) is 12.1 Å². The van der Waals surface area contributed by atoms with E-state index in [1.807, 2.05) is 24.3 Å². The van der Waals surface area contributed by atoms with Crippen molar-refractivity contribution in [3.63, 3.8) is 0 Å². The van der Waals surface area contributed by atoms with Crippen LogP contribution >= 0.6 is 11.3 Å². The molecule has 2 amide bonds. The van der Waals surface area contributed by atoms with Crippen LogP contribution in [0.15, 0.2) is 59.5 Å². The molecule has 0 spiro atoms. The summed E-state index contributed by atoms with van der Waals surface area (Å²) in [7, 11) is -3.75. The van der Waals surface area contributed by atoms with Gasteiger partial charge in [0.2, 0.25) is 16.9 Å². The van der Waals surface area contributed by atoms with Crippen molar-refractivity contribution in [2.45, 2.75) is 30.6 Å². The van der Waals surface area contributed by atoms with Gasteiger partial charge in [0.15, 0.2) is 9.84 Å². The van der Waals surface area contributed by atoms with Gasteiger partial charge in [0.1, 0.15) is 10.8 Å². The lowest BCUT2D eigenvalue weighted by atomic mass is 10.1. The summed E-state index contributed by atoms with van der Waals surface area (Å²) in [5, 5.41) is 11.5. The first-order valence-electron chi connectivity index (χ1n) is 10.2. The molecule has 1 saturated heterocycles. The van der Waals surface area contributed by atoms with E-state index < -0.39 is 21.5 Å². The van der Waals surface area contributed by atoms with Crippen LogP contribution in [0.4, 0.5) is 10.8 Å². The summed E-state index contributed by atoms with van der Waals surface area (Å²) in [6.45, 7) is 2.54. The first kappa shape index (κ1) is 22.1. The predicted molar refractivity (Wildman–Crippen MR) is 123 cm³/mol. The lowest BCUT2D eigenvalue weighted by molar-refractivity contribution is -0.117. The van der Waals surface area contributed by atoms with Gasteiger partial charge in [-0.1, -0.05) is 54.7 Å². The Morgan fingerprint density at radius 1 is 1.12 bits per heavy atom. The standard InChI is InChI=1S/C22H22N4O4S2/c1-2-15-8-6-7-11-18(15)26-13-16(12-20(26)28)21-24-25-22(31-21)23-19(27)14-32(29,30)17-9-4-3-5-10-17/h3-11,16H,2,12-14H2,1H3,(H,23,25,27). The van der Waals surface area contributed by atoms with E-state index >= 15 is 0 Å². The van der Waals surface area contributed by atoms with Crippen molar-refractivity contribution in [2.24, 2.45) is 0 Å². The molecule has 1 aromatic heterocycles. The van der Waals surface area contributed by atoms with E-state index in [9.17, 15) is 18.0 Å². The molecule has 1 atom stereocenters. The van der Waals surface area contributed by atoms with E-state index in [-0.39, 0.29) is 21.9 Å². The second-order valence-corrected chi connectivity index (χ2v) is 10.5. The topological polar surface area (TPSA) is 109 Å². The van der Waals surface area contributed by atoms with Gasteiger partial charge in [-0.05, 0) is 30.2 Å². The molecule has 32 heavy (non-hydrogen) atoms. The molecular weight excluding hydrogens is 448 g/mol. The molecule has 166 valence electrons. The van der Waals surface area contributed by atoms with Crippen LogP contribution in [0, 0.1) is 0 Å². The number of hydrogen-bond acceptors (Lipinski definition) is 7. The third kappa shape index (κ3) is 4.71. The normalized spacial score (nSPS) is 16.3. The van der Waals surface area contributed by atoms with Crippen molar-refractivity contribution in [2.75, 3.05) is 22.5 Å². The molecule has 0 saturated carbocycles. The molecule has 1 aliphatic heterocycles. The van der Waals surface area contributed by atoms with Crippen molar-refractivity contribution < 1.29 is 18.0 Å². The fraction of sp³-hybridized carbons (Fsp3) is 0.273. The number of rotatable bonds is 7. The number of anilines is 2. The average molecular weight is 471 g/mol. The number of para-hydroxylation sites is 1.